The molecule has 0 bridgehead atoms. The van der Waals surface area contributed by atoms with Crippen LogP contribution in [0, 0.1) is 0 Å². The molecule has 1 aliphatic heterocycles. The van der Waals surface area contributed by atoms with Crippen LogP contribution in [0.15, 0.2) is 59.5 Å². The SMILES string of the molecule is COc1ccc(C2=CC(=O)c3ccccc3S2(=O)=O)cc1. The van der Waals surface area contributed by atoms with Crippen LogP contribution in [-0.4, -0.2) is 21.3 Å². The van der Waals surface area contributed by atoms with Crippen LogP contribution >= 0.6 is 0 Å². The molecule has 2 aromatic rings. The van der Waals surface area contributed by atoms with E-state index in [9.17, 15) is 13.2 Å². The Balaban J connectivity index is 2.18. The maximum Gasteiger partial charge on any atom is 0.208 e. The molecule has 0 radical (unpaired) electrons. The number of methoxy groups -OCH3 is 1. The minimum Gasteiger partial charge on any atom is -0.497 e. The minimum atomic E-state index is -3.69. The first-order chi connectivity index (χ1) is 10.0. The van der Waals surface area contributed by atoms with Gasteiger partial charge in [0.15, 0.2) is 5.78 Å². The van der Waals surface area contributed by atoms with Crippen molar-refractivity contribution in [3.8, 4) is 5.75 Å². The van der Waals surface area contributed by atoms with Crippen molar-refractivity contribution >= 4 is 20.5 Å². The van der Waals surface area contributed by atoms with Crippen LogP contribution in [0.1, 0.15) is 15.9 Å². The van der Waals surface area contributed by atoms with E-state index in [4.69, 9.17) is 4.74 Å². The van der Waals surface area contributed by atoms with Crippen molar-refractivity contribution in [1.82, 2.24) is 0 Å². The van der Waals surface area contributed by atoms with Crippen LogP contribution in [0.3, 0.4) is 0 Å². The fourth-order valence-electron chi connectivity index (χ4n) is 2.29. The first-order valence-corrected chi connectivity index (χ1v) is 7.77. The van der Waals surface area contributed by atoms with Gasteiger partial charge in [0.2, 0.25) is 9.84 Å². The predicted octanol–water partition coefficient (Wildman–Crippen LogP) is 2.71. The summed E-state index contributed by atoms with van der Waals surface area (Å²) in [6.45, 7) is 0. The molecule has 1 heterocycles. The summed E-state index contributed by atoms with van der Waals surface area (Å²) < 4.78 is 30.4. The van der Waals surface area contributed by atoms with Gasteiger partial charge in [-0.05, 0) is 42.0 Å². The van der Waals surface area contributed by atoms with Crippen LogP contribution < -0.4 is 4.74 Å². The second kappa shape index (κ2) is 4.86. The van der Waals surface area contributed by atoms with Crippen molar-refractivity contribution in [2.45, 2.75) is 4.90 Å². The summed E-state index contributed by atoms with van der Waals surface area (Å²) in [6, 6.07) is 12.8. The van der Waals surface area contributed by atoms with Gasteiger partial charge < -0.3 is 4.74 Å². The Bertz CT molecular complexity index is 846. The number of rotatable bonds is 2. The Labute approximate surface area is 122 Å². The van der Waals surface area contributed by atoms with Crippen LogP contribution in [0.4, 0.5) is 0 Å². The summed E-state index contributed by atoms with van der Waals surface area (Å²) in [7, 11) is -2.16. The molecule has 0 unspecified atom stereocenters. The Morgan fingerprint density at radius 1 is 0.952 bits per heavy atom. The van der Waals surface area contributed by atoms with E-state index < -0.39 is 9.84 Å². The molecular weight excluding hydrogens is 288 g/mol. The zero-order valence-corrected chi connectivity index (χ0v) is 12.1. The minimum absolute atomic E-state index is 0.0221. The van der Waals surface area contributed by atoms with E-state index in [1.165, 1.54) is 25.3 Å². The van der Waals surface area contributed by atoms with Crippen LogP contribution in [0.5, 0.6) is 5.75 Å². The topological polar surface area (TPSA) is 60.4 Å². The van der Waals surface area contributed by atoms with E-state index in [1.807, 2.05) is 0 Å². The molecule has 0 amide bonds. The normalized spacial score (nSPS) is 16.0. The lowest BCUT2D eigenvalue weighted by Crippen LogP contribution is -2.16. The Morgan fingerprint density at radius 2 is 1.62 bits per heavy atom. The number of fused-ring (bicyclic) bond motifs is 1. The maximum atomic E-state index is 12.7. The summed E-state index contributed by atoms with van der Waals surface area (Å²) in [6.07, 6.45) is 1.18. The maximum absolute atomic E-state index is 12.7. The molecule has 21 heavy (non-hydrogen) atoms. The first-order valence-electron chi connectivity index (χ1n) is 6.28. The number of carbonyl (C=O) groups excluding carboxylic acids is 1. The van der Waals surface area contributed by atoms with Gasteiger partial charge in [-0.2, -0.15) is 0 Å². The van der Waals surface area contributed by atoms with Crippen molar-refractivity contribution in [2.75, 3.05) is 7.11 Å². The summed E-state index contributed by atoms with van der Waals surface area (Å²) in [5.74, 6) is 0.325. The van der Waals surface area contributed by atoms with E-state index in [-0.39, 0.29) is 21.1 Å². The number of carbonyl (C=O) groups is 1. The molecule has 0 saturated heterocycles. The van der Waals surface area contributed by atoms with Gasteiger partial charge in [-0.3, -0.25) is 4.79 Å². The monoisotopic (exact) mass is 300 g/mol. The average molecular weight is 300 g/mol. The lowest BCUT2D eigenvalue weighted by Gasteiger charge is -2.17. The number of sulfone groups is 1. The summed E-state index contributed by atoms with van der Waals surface area (Å²) in [5.41, 5.74) is 0.688. The molecule has 1 aliphatic rings. The van der Waals surface area contributed by atoms with E-state index in [0.717, 1.165) is 0 Å². The van der Waals surface area contributed by atoms with E-state index >= 15 is 0 Å². The number of allylic oxidation sites excluding steroid dienone is 1. The molecule has 106 valence electrons. The first kappa shape index (κ1) is 13.6. The van der Waals surface area contributed by atoms with E-state index in [1.54, 1.807) is 36.4 Å². The third-order valence-electron chi connectivity index (χ3n) is 3.37. The van der Waals surface area contributed by atoms with Gasteiger partial charge in [0, 0.05) is 11.6 Å². The Kier molecular flexibility index (Phi) is 3.14. The third kappa shape index (κ3) is 2.15. The van der Waals surface area contributed by atoms with Crippen molar-refractivity contribution in [2.24, 2.45) is 0 Å². The highest BCUT2D eigenvalue weighted by atomic mass is 32.2. The summed E-state index contributed by atoms with van der Waals surface area (Å²) in [4.78, 5) is 12.2. The molecule has 0 aliphatic carbocycles. The largest absolute Gasteiger partial charge is 0.497 e. The molecule has 0 saturated carbocycles. The summed E-state index contributed by atoms with van der Waals surface area (Å²) in [5, 5.41) is 0. The van der Waals surface area contributed by atoms with Gasteiger partial charge in [0.1, 0.15) is 5.75 Å². The van der Waals surface area contributed by atoms with Crippen molar-refractivity contribution in [3.63, 3.8) is 0 Å². The Morgan fingerprint density at radius 3 is 2.29 bits per heavy atom. The second-order valence-corrected chi connectivity index (χ2v) is 6.49. The van der Waals surface area contributed by atoms with E-state index in [0.29, 0.717) is 11.3 Å². The highest BCUT2D eigenvalue weighted by Crippen LogP contribution is 2.35. The Hall–Kier alpha value is -2.40. The molecule has 4 nitrogen and oxygen atoms in total. The molecule has 3 rings (SSSR count). The highest BCUT2D eigenvalue weighted by molar-refractivity contribution is 8.00. The van der Waals surface area contributed by atoms with Crippen molar-refractivity contribution < 1.29 is 17.9 Å². The average Bonchev–Trinajstić information content (AvgIpc) is 2.51. The van der Waals surface area contributed by atoms with Crippen LogP contribution in [-0.2, 0) is 9.84 Å². The number of hydrogen-bond acceptors (Lipinski definition) is 4. The molecule has 5 heteroatoms. The van der Waals surface area contributed by atoms with Gasteiger partial charge in [-0.1, -0.05) is 12.1 Å². The molecule has 0 N–H and O–H groups in total. The number of ketones is 1. The number of ether oxygens (including phenoxy) is 1. The third-order valence-corrected chi connectivity index (χ3v) is 5.24. The standard InChI is InChI=1S/C16H12O4S/c1-20-12-8-6-11(7-9-12)16-10-14(17)13-4-2-3-5-15(13)21(16,18)19/h2-10H,1H3. The molecule has 0 fully saturated rings. The van der Waals surface area contributed by atoms with Gasteiger partial charge >= 0.3 is 0 Å². The molecule has 0 aromatic heterocycles. The number of hydrogen-bond donors (Lipinski definition) is 0. The van der Waals surface area contributed by atoms with Gasteiger partial charge in [0.05, 0.1) is 16.9 Å². The zero-order valence-electron chi connectivity index (χ0n) is 11.2. The lowest BCUT2D eigenvalue weighted by molar-refractivity contribution is 0.104. The fraction of sp³-hybridized carbons (Fsp3) is 0.0625. The summed E-state index contributed by atoms with van der Waals surface area (Å²) >= 11 is 0. The molecule has 0 spiro atoms. The van der Waals surface area contributed by atoms with Crippen molar-refractivity contribution in [3.05, 3.63) is 65.7 Å². The van der Waals surface area contributed by atoms with Crippen LogP contribution in [0.2, 0.25) is 0 Å². The molecule has 0 atom stereocenters. The van der Waals surface area contributed by atoms with E-state index in [2.05, 4.69) is 0 Å². The zero-order chi connectivity index (χ0) is 15.0. The number of benzene rings is 2. The van der Waals surface area contributed by atoms with Gasteiger partial charge in [0.25, 0.3) is 0 Å². The lowest BCUT2D eigenvalue weighted by atomic mass is 10.1. The van der Waals surface area contributed by atoms with Gasteiger partial charge in [-0.25, -0.2) is 8.42 Å². The van der Waals surface area contributed by atoms with Gasteiger partial charge in [-0.15, -0.1) is 0 Å². The highest BCUT2D eigenvalue weighted by Gasteiger charge is 2.31. The fourth-order valence-corrected chi connectivity index (χ4v) is 3.95. The van der Waals surface area contributed by atoms with Crippen LogP contribution in [0.25, 0.3) is 4.91 Å². The molecule has 2 aromatic carbocycles. The molecular formula is C16H12O4S. The predicted molar refractivity (Wildman–Crippen MR) is 78.9 cm³/mol. The quantitative estimate of drug-likeness (QED) is 0.855. The smallest absolute Gasteiger partial charge is 0.208 e. The second-order valence-electron chi connectivity index (χ2n) is 4.60. The van der Waals surface area contributed by atoms with Crippen molar-refractivity contribution in [1.29, 1.82) is 0 Å².